The first kappa shape index (κ1) is 27.7. The molecular formula is C28H31N3O5S2. The van der Waals surface area contributed by atoms with E-state index in [0.29, 0.717) is 36.7 Å². The van der Waals surface area contributed by atoms with E-state index in [4.69, 9.17) is 9.47 Å². The third kappa shape index (κ3) is 6.21. The lowest BCUT2D eigenvalue weighted by Gasteiger charge is -2.20. The minimum Gasteiger partial charge on any atom is -0.497 e. The third-order valence-electron chi connectivity index (χ3n) is 6.04. The molecule has 0 aliphatic rings. The van der Waals surface area contributed by atoms with Gasteiger partial charge in [0.05, 0.1) is 28.8 Å². The number of sulfonamides is 1. The Morgan fingerprint density at radius 1 is 1.03 bits per heavy atom. The Labute approximate surface area is 226 Å². The van der Waals surface area contributed by atoms with E-state index in [0.717, 1.165) is 21.5 Å². The molecule has 1 aromatic heterocycles. The minimum absolute atomic E-state index is 0.132. The molecule has 1 amide bonds. The monoisotopic (exact) mass is 553 g/mol. The van der Waals surface area contributed by atoms with Gasteiger partial charge in [-0.05, 0) is 55.0 Å². The van der Waals surface area contributed by atoms with Crippen molar-refractivity contribution in [3.63, 3.8) is 0 Å². The number of rotatable bonds is 11. The van der Waals surface area contributed by atoms with Gasteiger partial charge < -0.3 is 14.0 Å². The van der Waals surface area contributed by atoms with Gasteiger partial charge in [-0.1, -0.05) is 48.6 Å². The maximum absolute atomic E-state index is 13.3. The molecule has 0 aliphatic carbocycles. The van der Waals surface area contributed by atoms with E-state index >= 15 is 0 Å². The average molecular weight is 554 g/mol. The first-order chi connectivity index (χ1) is 18.4. The number of aromatic nitrogens is 1. The van der Waals surface area contributed by atoms with Gasteiger partial charge in [0.1, 0.15) is 5.75 Å². The Hall–Kier alpha value is -3.31. The Morgan fingerprint density at radius 3 is 2.42 bits per heavy atom. The largest absolute Gasteiger partial charge is 0.497 e. The molecule has 4 aromatic rings. The maximum atomic E-state index is 13.3. The van der Waals surface area contributed by atoms with Gasteiger partial charge in [-0.3, -0.25) is 4.79 Å². The molecular weight excluding hydrogens is 522 g/mol. The van der Waals surface area contributed by atoms with Gasteiger partial charge in [-0.25, -0.2) is 8.42 Å². The van der Waals surface area contributed by atoms with Crippen molar-refractivity contribution in [1.29, 1.82) is 0 Å². The number of carbonyl (C=O) groups excluding carboxylic acids is 1. The van der Waals surface area contributed by atoms with Crippen molar-refractivity contribution >= 4 is 37.5 Å². The van der Waals surface area contributed by atoms with Crippen LogP contribution in [-0.4, -0.2) is 50.1 Å². The molecule has 0 bridgehead atoms. The molecule has 8 nitrogen and oxygen atoms in total. The summed E-state index contributed by atoms with van der Waals surface area (Å²) < 4.78 is 41.7. The second-order valence-corrected chi connectivity index (χ2v) is 11.4. The van der Waals surface area contributed by atoms with Crippen LogP contribution in [0, 0.1) is 0 Å². The van der Waals surface area contributed by atoms with Crippen molar-refractivity contribution in [2.45, 2.75) is 31.8 Å². The fourth-order valence-corrected chi connectivity index (χ4v) is 6.53. The van der Waals surface area contributed by atoms with Crippen molar-refractivity contribution in [1.82, 2.24) is 8.87 Å². The highest BCUT2D eigenvalue weighted by atomic mass is 32.2. The van der Waals surface area contributed by atoms with E-state index < -0.39 is 15.9 Å². The number of benzene rings is 3. The normalized spacial score (nSPS) is 12.4. The fraction of sp³-hybridized carbons (Fsp3) is 0.286. The lowest BCUT2D eigenvalue weighted by molar-refractivity contribution is 0.0996. The summed E-state index contributed by atoms with van der Waals surface area (Å²) in [7, 11) is -2.12. The van der Waals surface area contributed by atoms with Gasteiger partial charge in [-0.15, -0.1) is 0 Å². The standard InChI is InChI=1S/C28H31N3O5S2/c1-4-30(20-21-9-7-6-8-10-21)38(33,34)24-14-11-22(12-15-24)27(32)29-28-31(17-18-36-5-2)25-16-13-23(35-3)19-26(25)37-28/h6-16,19H,4-5,17-18,20H2,1-3H3. The summed E-state index contributed by atoms with van der Waals surface area (Å²) in [6, 6.07) is 21.1. The second-order valence-electron chi connectivity index (χ2n) is 8.42. The summed E-state index contributed by atoms with van der Waals surface area (Å²) in [4.78, 5) is 18.2. The highest BCUT2D eigenvalue weighted by molar-refractivity contribution is 7.89. The Kier molecular flexibility index (Phi) is 9.11. The zero-order valence-corrected chi connectivity index (χ0v) is 23.3. The van der Waals surface area contributed by atoms with Crippen molar-refractivity contribution in [3.05, 3.63) is 88.7 Å². The van der Waals surface area contributed by atoms with Gasteiger partial charge >= 0.3 is 0 Å². The van der Waals surface area contributed by atoms with Crippen LogP contribution in [-0.2, 0) is 27.8 Å². The average Bonchev–Trinajstić information content (AvgIpc) is 3.28. The van der Waals surface area contributed by atoms with Gasteiger partial charge in [0, 0.05) is 31.8 Å². The van der Waals surface area contributed by atoms with Crippen LogP contribution < -0.4 is 9.54 Å². The highest BCUT2D eigenvalue weighted by Crippen LogP contribution is 2.24. The van der Waals surface area contributed by atoms with Crippen LogP contribution in [0.1, 0.15) is 29.8 Å². The number of hydrogen-bond acceptors (Lipinski definition) is 6. The summed E-state index contributed by atoms with van der Waals surface area (Å²) in [5, 5.41) is 0. The van der Waals surface area contributed by atoms with Gasteiger partial charge in [-0.2, -0.15) is 9.30 Å². The summed E-state index contributed by atoms with van der Waals surface area (Å²) >= 11 is 1.39. The van der Waals surface area contributed by atoms with E-state index in [2.05, 4.69) is 4.99 Å². The lowest BCUT2D eigenvalue weighted by Crippen LogP contribution is -2.30. The van der Waals surface area contributed by atoms with Crippen molar-refractivity contribution < 1.29 is 22.7 Å². The van der Waals surface area contributed by atoms with Crippen LogP contribution in [0.4, 0.5) is 0 Å². The topological polar surface area (TPSA) is 90.2 Å². The zero-order valence-electron chi connectivity index (χ0n) is 21.7. The Bertz CT molecular complexity index is 1560. The van der Waals surface area contributed by atoms with Crippen LogP contribution in [0.5, 0.6) is 5.75 Å². The molecule has 0 fully saturated rings. The number of hydrogen-bond donors (Lipinski definition) is 0. The Morgan fingerprint density at radius 2 is 1.76 bits per heavy atom. The molecule has 0 spiro atoms. The molecule has 4 rings (SSSR count). The van der Waals surface area contributed by atoms with Crippen LogP contribution >= 0.6 is 11.3 Å². The van der Waals surface area contributed by atoms with Crippen molar-refractivity contribution in [3.8, 4) is 5.75 Å². The van der Waals surface area contributed by atoms with Gasteiger partial charge in [0.15, 0.2) is 4.80 Å². The summed E-state index contributed by atoms with van der Waals surface area (Å²) in [5.41, 5.74) is 2.14. The van der Waals surface area contributed by atoms with Crippen molar-refractivity contribution in [2.75, 3.05) is 26.9 Å². The summed E-state index contributed by atoms with van der Waals surface area (Å²) in [6.07, 6.45) is 0. The van der Waals surface area contributed by atoms with E-state index in [1.807, 2.05) is 60.0 Å². The van der Waals surface area contributed by atoms with E-state index in [1.54, 1.807) is 14.0 Å². The van der Waals surface area contributed by atoms with Gasteiger partial charge in [0.25, 0.3) is 5.91 Å². The SMILES string of the molecule is CCOCCn1c(=NC(=O)c2ccc(S(=O)(=O)N(CC)Cc3ccccc3)cc2)sc2cc(OC)ccc21. The predicted octanol–water partition coefficient (Wildman–Crippen LogP) is 4.70. The maximum Gasteiger partial charge on any atom is 0.279 e. The minimum atomic E-state index is -3.73. The number of carbonyl (C=O) groups is 1. The second kappa shape index (κ2) is 12.5. The van der Waals surface area contributed by atoms with Crippen LogP contribution in [0.15, 0.2) is 82.7 Å². The third-order valence-corrected chi connectivity index (χ3v) is 9.02. The molecule has 0 radical (unpaired) electrons. The number of amides is 1. The molecule has 0 unspecified atom stereocenters. The highest BCUT2D eigenvalue weighted by Gasteiger charge is 2.23. The van der Waals surface area contributed by atoms with Gasteiger partial charge in [0.2, 0.25) is 10.0 Å². The molecule has 3 aromatic carbocycles. The number of thiazole rings is 1. The molecule has 200 valence electrons. The summed E-state index contributed by atoms with van der Waals surface area (Å²) in [5.74, 6) is 0.271. The van der Waals surface area contributed by atoms with Crippen LogP contribution in [0.25, 0.3) is 10.2 Å². The van der Waals surface area contributed by atoms with E-state index in [1.165, 1.54) is 39.9 Å². The number of methoxy groups -OCH3 is 1. The molecule has 0 saturated carbocycles. The number of ether oxygens (including phenoxy) is 2. The smallest absolute Gasteiger partial charge is 0.279 e. The lowest BCUT2D eigenvalue weighted by atomic mass is 10.2. The van der Waals surface area contributed by atoms with Crippen LogP contribution in [0.2, 0.25) is 0 Å². The molecule has 0 N–H and O–H groups in total. The molecule has 0 aliphatic heterocycles. The van der Waals surface area contributed by atoms with E-state index in [9.17, 15) is 13.2 Å². The molecule has 38 heavy (non-hydrogen) atoms. The molecule has 1 heterocycles. The molecule has 10 heteroatoms. The predicted molar refractivity (Wildman–Crippen MR) is 149 cm³/mol. The fourth-order valence-electron chi connectivity index (χ4n) is 4.01. The first-order valence-corrected chi connectivity index (χ1v) is 14.6. The number of nitrogens with zero attached hydrogens (tertiary/aromatic N) is 3. The molecule has 0 atom stereocenters. The Balaban J connectivity index is 1.61. The first-order valence-electron chi connectivity index (χ1n) is 12.4. The number of fused-ring (bicyclic) bond motifs is 1. The summed E-state index contributed by atoms with van der Waals surface area (Å²) in [6.45, 7) is 5.95. The zero-order chi connectivity index (χ0) is 27.1. The van der Waals surface area contributed by atoms with Crippen LogP contribution in [0.3, 0.4) is 0 Å². The van der Waals surface area contributed by atoms with E-state index in [-0.39, 0.29) is 11.4 Å². The van der Waals surface area contributed by atoms with Crippen molar-refractivity contribution in [2.24, 2.45) is 4.99 Å². The molecule has 0 saturated heterocycles. The quantitative estimate of drug-likeness (QED) is 0.251.